The predicted molar refractivity (Wildman–Crippen MR) is 102 cm³/mol. The van der Waals surface area contributed by atoms with Crippen LogP contribution in [0.4, 0.5) is 5.69 Å². The molecule has 3 aromatic carbocycles. The van der Waals surface area contributed by atoms with Gasteiger partial charge in [-0.25, -0.2) is 4.98 Å². The SMILES string of the molecule is O=C(Nc1cccc(-c2nc3ccccc3o2)c1)c1cccc(Br)c1. The van der Waals surface area contributed by atoms with Gasteiger partial charge in [0.25, 0.3) is 5.91 Å². The van der Waals surface area contributed by atoms with Crippen molar-refractivity contribution in [1.82, 2.24) is 4.98 Å². The van der Waals surface area contributed by atoms with Crippen molar-refractivity contribution >= 4 is 38.6 Å². The molecule has 122 valence electrons. The molecule has 1 amide bonds. The van der Waals surface area contributed by atoms with Gasteiger partial charge in [-0.3, -0.25) is 4.79 Å². The minimum absolute atomic E-state index is 0.170. The van der Waals surface area contributed by atoms with E-state index < -0.39 is 0 Å². The first-order chi connectivity index (χ1) is 12.2. The molecule has 4 aromatic rings. The molecule has 5 heteroatoms. The van der Waals surface area contributed by atoms with Gasteiger partial charge >= 0.3 is 0 Å². The first-order valence-corrected chi connectivity index (χ1v) is 8.51. The smallest absolute Gasteiger partial charge is 0.255 e. The molecule has 1 N–H and O–H groups in total. The van der Waals surface area contributed by atoms with Gasteiger partial charge in [-0.15, -0.1) is 0 Å². The summed E-state index contributed by atoms with van der Waals surface area (Å²) in [4.78, 5) is 16.9. The van der Waals surface area contributed by atoms with Crippen LogP contribution in [0.5, 0.6) is 0 Å². The van der Waals surface area contributed by atoms with Gasteiger partial charge in [0.05, 0.1) is 0 Å². The van der Waals surface area contributed by atoms with Crippen LogP contribution in [0, 0.1) is 0 Å². The Morgan fingerprint density at radius 3 is 2.64 bits per heavy atom. The number of hydrogen-bond donors (Lipinski definition) is 1. The summed E-state index contributed by atoms with van der Waals surface area (Å²) in [7, 11) is 0. The minimum Gasteiger partial charge on any atom is -0.436 e. The molecule has 1 aromatic heterocycles. The lowest BCUT2D eigenvalue weighted by atomic mass is 10.1. The van der Waals surface area contributed by atoms with Gasteiger partial charge < -0.3 is 9.73 Å². The van der Waals surface area contributed by atoms with Crippen molar-refractivity contribution in [3.63, 3.8) is 0 Å². The Balaban J connectivity index is 1.62. The number of amides is 1. The number of aromatic nitrogens is 1. The molecular weight excluding hydrogens is 380 g/mol. The summed E-state index contributed by atoms with van der Waals surface area (Å²) in [6.45, 7) is 0. The Bertz CT molecular complexity index is 1040. The summed E-state index contributed by atoms with van der Waals surface area (Å²) in [5.74, 6) is 0.357. The predicted octanol–water partition coefficient (Wildman–Crippen LogP) is 5.51. The van der Waals surface area contributed by atoms with Gasteiger partial charge in [-0.2, -0.15) is 0 Å². The third kappa shape index (κ3) is 3.32. The van der Waals surface area contributed by atoms with Crippen LogP contribution >= 0.6 is 15.9 Å². The van der Waals surface area contributed by atoms with Gasteiger partial charge in [0.15, 0.2) is 5.58 Å². The maximum absolute atomic E-state index is 12.4. The van der Waals surface area contributed by atoms with Gasteiger partial charge in [-0.05, 0) is 48.5 Å². The summed E-state index contributed by atoms with van der Waals surface area (Å²) in [5.41, 5.74) is 3.62. The van der Waals surface area contributed by atoms with Crippen LogP contribution in [-0.2, 0) is 0 Å². The standard InChI is InChI=1S/C20H13BrN2O2/c21-15-7-3-5-13(11-15)19(24)22-16-8-4-6-14(12-16)20-23-17-9-1-2-10-18(17)25-20/h1-12H,(H,22,24). The number of rotatable bonds is 3. The lowest BCUT2D eigenvalue weighted by molar-refractivity contribution is 0.102. The number of anilines is 1. The highest BCUT2D eigenvalue weighted by Gasteiger charge is 2.10. The summed E-state index contributed by atoms with van der Waals surface area (Å²) in [5, 5.41) is 2.90. The first-order valence-electron chi connectivity index (χ1n) is 7.72. The molecule has 0 bridgehead atoms. The summed E-state index contributed by atoms with van der Waals surface area (Å²) in [6.07, 6.45) is 0. The van der Waals surface area contributed by atoms with E-state index in [1.807, 2.05) is 60.7 Å². The van der Waals surface area contributed by atoms with Gasteiger partial charge in [0, 0.05) is 21.3 Å². The molecule has 0 fully saturated rings. The average molecular weight is 393 g/mol. The zero-order chi connectivity index (χ0) is 17.2. The second kappa shape index (κ2) is 6.53. The maximum Gasteiger partial charge on any atom is 0.255 e. The van der Waals surface area contributed by atoms with E-state index in [1.54, 1.807) is 12.1 Å². The number of halogens is 1. The van der Waals surface area contributed by atoms with Crippen molar-refractivity contribution in [1.29, 1.82) is 0 Å². The maximum atomic E-state index is 12.4. The van der Waals surface area contributed by atoms with Crippen LogP contribution in [0.3, 0.4) is 0 Å². The lowest BCUT2D eigenvalue weighted by Crippen LogP contribution is -2.11. The summed E-state index contributed by atoms with van der Waals surface area (Å²) < 4.78 is 6.65. The monoisotopic (exact) mass is 392 g/mol. The van der Waals surface area contributed by atoms with Crippen LogP contribution < -0.4 is 5.32 Å². The van der Waals surface area contributed by atoms with Crippen LogP contribution in [0.2, 0.25) is 0 Å². The van der Waals surface area contributed by atoms with Crippen molar-refractivity contribution in [2.75, 3.05) is 5.32 Å². The third-order valence-corrected chi connectivity index (χ3v) is 4.24. The van der Waals surface area contributed by atoms with Gasteiger partial charge in [0.2, 0.25) is 5.89 Å². The topological polar surface area (TPSA) is 55.1 Å². The number of para-hydroxylation sites is 2. The molecule has 0 saturated heterocycles. The second-order valence-corrected chi connectivity index (χ2v) is 6.45. The first kappa shape index (κ1) is 15.6. The van der Waals surface area contributed by atoms with Crippen molar-refractivity contribution in [2.45, 2.75) is 0 Å². The van der Waals surface area contributed by atoms with E-state index in [9.17, 15) is 4.79 Å². The molecule has 0 atom stereocenters. The molecule has 0 aliphatic rings. The van der Waals surface area contributed by atoms with Crippen molar-refractivity contribution < 1.29 is 9.21 Å². The van der Waals surface area contributed by atoms with E-state index in [2.05, 4.69) is 26.2 Å². The average Bonchev–Trinajstić information content (AvgIpc) is 3.06. The summed E-state index contributed by atoms with van der Waals surface area (Å²) in [6, 6.07) is 22.3. The Labute approximate surface area is 152 Å². The molecule has 0 radical (unpaired) electrons. The van der Waals surface area contributed by atoms with E-state index >= 15 is 0 Å². The number of oxazole rings is 1. The fourth-order valence-electron chi connectivity index (χ4n) is 2.56. The minimum atomic E-state index is -0.170. The summed E-state index contributed by atoms with van der Waals surface area (Å²) >= 11 is 3.37. The number of hydrogen-bond acceptors (Lipinski definition) is 3. The van der Waals surface area contributed by atoms with E-state index in [-0.39, 0.29) is 5.91 Å². The quantitative estimate of drug-likeness (QED) is 0.499. The number of benzene rings is 3. The van der Waals surface area contributed by atoms with Crippen LogP contribution in [0.15, 0.2) is 81.7 Å². The molecule has 25 heavy (non-hydrogen) atoms. The Morgan fingerprint density at radius 2 is 1.80 bits per heavy atom. The van der Waals surface area contributed by atoms with E-state index in [0.717, 1.165) is 21.1 Å². The number of nitrogens with zero attached hydrogens (tertiary/aromatic N) is 1. The highest BCUT2D eigenvalue weighted by Crippen LogP contribution is 2.26. The molecule has 0 spiro atoms. The fourth-order valence-corrected chi connectivity index (χ4v) is 2.96. The largest absolute Gasteiger partial charge is 0.436 e. The van der Waals surface area contributed by atoms with E-state index in [0.29, 0.717) is 17.1 Å². The molecular formula is C20H13BrN2O2. The van der Waals surface area contributed by atoms with E-state index in [4.69, 9.17) is 4.42 Å². The molecule has 4 nitrogen and oxygen atoms in total. The van der Waals surface area contributed by atoms with Crippen LogP contribution in [0.25, 0.3) is 22.6 Å². The Morgan fingerprint density at radius 1 is 0.960 bits per heavy atom. The van der Waals surface area contributed by atoms with Crippen LogP contribution in [0.1, 0.15) is 10.4 Å². The lowest BCUT2D eigenvalue weighted by Gasteiger charge is -2.06. The highest BCUT2D eigenvalue weighted by molar-refractivity contribution is 9.10. The third-order valence-electron chi connectivity index (χ3n) is 3.75. The second-order valence-electron chi connectivity index (χ2n) is 5.53. The van der Waals surface area contributed by atoms with Crippen LogP contribution in [-0.4, -0.2) is 10.9 Å². The van der Waals surface area contributed by atoms with Crippen molar-refractivity contribution in [3.8, 4) is 11.5 Å². The molecule has 0 unspecified atom stereocenters. The molecule has 4 rings (SSSR count). The van der Waals surface area contributed by atoms with Crippen molar-refractivity contribution in [3.05, 3.63) is 82.8 Å². The normalized spacial score (nSPS) is 10.8. The van der Waals surface area contributed by atoms with E-state index in [1.165, 1.54) is 0 Å². The van der Waals surface area contributed by atoms with Crippen molar-refractivity contribution in [2.24, 2.45) is 0 Å². The fraction of sp³-hybridized carbons (Fsp3) is 0. The van der Waals surface area contributed by atoms with Gasteiger partial charge in [-0.1, -0.05) is 40.2 Å². The number of fused-ring (bicyclic) bond motifs is 1. The Kier molecular flexibility index (Phi) is 4.07. The zero-order valence-corrected chi connectivity index (χ0v) is 14.7. The number of nitrogens with one attached hydrogen (secondary N) is 1. The molecule has 0 aliphatic carbocycles. The van der Waals surface area contributed by atoms with Gasteiger partial charge in [0.1, 0.15) is 5.52 Å². The highest BCUT2D eigenvalue weighted by atomic mass is 79.9. The number of carbonyl (C=O) groups excluding carboxylic acids is 1. The molecule has 1 heterocycles. The Hall–Kier alpha value is -2.92. The zero-order valence-electron chi connectivity index (χ0n) is 13.1. The molecule has 0 saturated carbocycles. The molecule has 0 aliphatic heterocycles. The number of carbonyl (C=O) groups is 1.